The first-order chi connectivity index (χ1) is 14.2. The quantitative estimate of drug-likeness (QED) is 0.609. The fourth-order valence-corrected chi connectivity index (χ4v) is 4.51. The first-order valence-corrected chi connectivity index (χ1v) is 11.0. The Kier molecular flexibility index (Phi) is 4.95. The largest absolute Gasteiger partial charge is 0.454 e. The summed E-state index contributed by atoms with van der Waals surface area (Å²) in [6, 6.07) is 14.7. The summed E-state index contributed by atoms with van der Waals surface area (Å²) in [5.41, 5.74) is 2.92. The summed E-state index contributed by atoms with van der Waals surface area (Å²) in [6.07, 6.45) is 0. The van der Waals surface area contributed by atoms with E-state index in [4.69, 9.17) is 16.3 Å². The van der Waals surface area contributed by atoms with Gasteiger partial charge in [0.15, 0.2) is 5.75 Å². The van der Waals surface area contributed by atoms with Gasteiger partial charge in [0.05, 0.1) is 16.1 Å². The lowest BCUT2D eigenvalue weighted by Gasteiger charge is -2.17. The number of carbonyl (C=O) groups is 1. The second-order valence-corrected chi connectivity index (χ2v) is 9.25. The average molecular weight is 443 g/mol. The Balaban J connectivity index is 1.70. The predicted octanol–water partition coefficient (Wildman–Crippen LogP) is 5.14. The summed E-state index contributed by atoms with van der Waals surface area (Å²) < 4.78 is 34.0. The van der Waals surface area contributed by atoms with E-state index in [0.29, 0.717) is 22.2 Å². The van der Waals surface area contributed by atoms with Gasteiger partial charge in [0.2, 0.25) is 0 Å². The molecule has 1 aliphatic heterocycles. The Labute approximate surface area is 180 Å². The van der Waals surface area contributed by atoms with Crippen LogP contribution >= 0.6 is 11.6 Å². The van der Waals surface area contributed by atoms with Crippen molar-refractivity contribution in [2.45, 2.75) is 18.7 Å². The van der Waals surface area contributed by atoms with E-state index in [2.05, 4.69) is 4.72 Å². The number of hydrogen-bond acceptors (Lipinski definition) is 4. The highest BCUT2D eigenvalue weighted by molar-refractivity contribution is 7.92. The van der Waals surface area contributed by atoms with Crippen molar-refractivity contribution in [1.82, 2.24) is 0 Å². The lowest BCUT2D eigenvalue weighted by molar-refractivity contribution is 0.0993. The summed E-state index contributed by atoms with van der Waals surface area (Å²) in [5, 5.41) is 0.359. The monoisotopic (exact) mass is 442 g/mol. The van der Waals surface area contributed by atoms with Crippen molar-refractivity contribution in [2.75, 3.05) is 16.7 Å². The van der Waals surface area contributed by atoms with Crippen LogP contribution in [0.15, 0.2) is 59.5 Å². The molecule has 0 saturated heterocycles. The molecule has 3 aromatic rings. The molecule has 154 valence electrons. The molecule has 0 radical (unpaired) electrons. The number of aryl methyl sites for hydroxylation is 2. The van der Waals surface area contributed by atoms with Gasteiger partial charge in [-0.3, -0.25) is 9.52 Å². The molecular formula is C22H19ClN2O4S. The fraction of sp³-hybridized carbons (Fsp3) is 0.136. The minimum atomic E-state index is -3.88. The Bertz CT molecular complexity index is 1290. The van der Waals surface area contributed by atoms with Crippen LogP contribution in [0.1, 0.15) is 21.5 Å². The van der Waals surface area contributed by atoms with Crippen molar-refractivity contribution in [1.29, 1.82) is 0 Å². The second-order valence-electron chi connectivity index (χ2n) is 7.16. The van der Waals surface area contributed by atoms with E-state index < -0.39 is 10.0 Å². The summed E-state index contributed by atoms with van der Waals surface area (Å²) >= 11 is 6.07. The van der Waals surface area contributed by atoms with E-state index in [0.717, 1.165) is 11.1 Å². The van der Waals surface area contributed by atoms with Gasteiger partial charge in [0.1, 0.15) is 5.75 Å². The van der Waals surface area contributed by atoms with Gasteiger partial charge in [0.25, 0.3) is 15.9 Å². The van der Waals surface area contributed by atoms with Gasteiger partial charge in [-0.1, -0.05) is 23.7 Å². The van der Waals surface area contributed by atoms with Crippen LogP contribution in [0.25, 0.3) is 0 Å². The highest BCUT2D eigenvalue weighted by atomic mass is 35.5. The average Bonchev–Trinajstić information content (AvgIpc) is 2.79. The Hall–Kier alpha value is -3.03. The van der Waals surface area contributed by atoms with Gasteiger partial charge in [-0.05, 0) is 67.4 Å². The summed E-state index contributed by atoms with van der Waals surface area (Å²) in [6.45, 7) is 3.72. The number of hydrogen-bond donors (Lipinski definition) is 1. The zero-order valence-corrected chi connectivity index (χ0v) is 18.1. The maximum Gasteiger partial charge on any atom is 0.261 e. The molecule has 30 heavy (non-hydrogen) atoms. The number of sulfonamides is 1. The van der Waals surface area contributed by atoms with E-state index in [1.165, 1.54) is 23.1 Å². The third-order valence-electron chi connectivity index (χ3n) is 4.92. The highest BCUT2D eigenvalue weighted by Crippen LogP contribution is 2.39. The maximum atomic E-state index is 13.0. The highest BCUT2D eigenvalue weighted by Gasteiger charge is 2.27. The van der Waals surface area contributed by atoms with E-state index in [-0.39, 0.29) is 22.1 Å². The molecule has 1 amide bonds. The zero-order valence-electron chi connectivity index (χ0n) is 16.6. The second kappa shape index (κ2) is 7.34. The topological polar surface area (TPSA) is 75.7 Å². The number of nitrogens with one attached hydrogen (secondary N) is 1. The molecule has 1 aliphatic rings. The molecule has 4 rings (SSSR count). The number of amides is 1. The van der Waals surface area contributed by atoms with E-state index in [1.807, 2.05) is 19.1 Å². The lowest BCUT2D eigenvalue weighted by atomic mass is 10.1. The van der Waals surface area contributed by atoms with Crippen molar-refractivity contribution >= 4 is 38.9 Å². The molecule has 0 fully saturated rings. The summed E-state index contributed by atoms with van der Waals surface area (Å²) in [7, 11) is -2.22. The van der Waals surface area contributed by atoms with E-state index in [1.54, 1.807) is 38.2 Å². The molecule has 1 N–H and O–H groups in total. The van der Waals surface area contributed by atoms with Crippen LogP contribution in [-0.4, -0.2) is 21.4 Å². The van der Waals surface area contributed by atoms with Gasteiger partial charge in [-0.2, -0.15) is 0 Å². The molecule has 3 aromatic carbocycles. The van der Waals surface area contributed by atoms with Crippen LogP contribution in [0.5, 0.6) is 11.5 Å². The van der Waals surface area contributed by atoms with E-state index in [9.17, 15) is 13.2 Å². The SMILES string of the molecule is Cc1ccc2c(c1)N(C)C(=O)c1cc(NS(=O)(=O)c3ccc(C)c(Cl)c3)ccc1O2. The number of fused-ring (bicyclic) bond motifs is 2. The lowest BCUT2D eigenvalue weighted by Crippen LogP contribution is -2.25. The molecule has 8 heteroatoms. The van der Waals surface area contributed by atoms with Crippen LogP contribution < -0.4 is 14.4 Å². The number of ether oxygens (including phenoxy) is 1. The Morgan fingerprint density at radius 3 is 2.43 bits per heavy atom. The molecular weight excluding hydrogens is 424 g/mol. The first kappa shape index (κ1) is 20.3. The number of halogens is 1. The number of anilines is 2. The molecule has 0 spiro atoms. The molecule has 0 saturated carbocycles. The minimum absolute atomic E-state index is 0.0376. The van der Waals surface area contributed by atoms with Crippen LogP contribution in [0, 0.1) is 13.8 Å². The molecule has 1 heterocycles. The number of carbonyl (C=O) groups excluding carboxylic acids is 1. The van der Waals surface area contributed by atoms with Crippen molar-refractivity contribution in [3.8, 4) is 11.5 Å². The molecule has 0 bridgehead atoms. The smallest absolute Gasteiger partial charge is 0.261 e. The first-order valence-electron chi connectivity index (χ1n) is 9.15. The van der Waals surface area contributed by atoms with E-state index >= 15 is 0 Å². The van der Waals surface area contributed by atoms with Crippen molar-refractivity contribution in [2.24, 2.45) is 0 Å². The third-order valence-corrected chi connectivity index (χ3v) is 6.70. The predicted molar refractivity (Wildman–Crippen MR) is 117 cm³/mol. The van der Waals surface area contributed by atoms with Crippen LogP contribution in [0.3, 0.4) is 0 Å². The molecule has 0 unspecified atom stereocenters. The minimum Gasteiger partial charge on any atom is -0.454 e. The van der Waals surface area contributed by atoms with Gasteiger partial charge < -0.3 is 9.64 Å². The van der Waals surface area contributed by atoms with Crippen LogP contribution in [0.2, 0.25) is 5.02 Å². The number of rotatable bonds is 3. The van der Waals surface area contributed by atoms with Crippen molar-refractivity contribution in [3.05, 3.63) is 76.3 Å². The molecule has 6 nitrogen and oxygen atoms in total. The normalized spacial score (nSPS) is 13.2. The van der Waals surface area contributed by atoms with Crippen molar-refractivity contribution < 1.29 is 17.9 Å². The van der Waals surface area contributed by atoms with Gasteiger partial charge in [-0.15, -0.1) is 0 Å². The molecule has 0 aromatic heterocycles. The number of benzene rings is 3. The van der Waals surface area contributed by atoms with Gasteiger partial charge in [-0.25, -0.2) is 8.42 Å². The summed E-state index contributed by atoms with van der Waals surface area (Å²) in [4.78, 5) is 14.6. The summed E-state index contributed by atoms with van der Waals surface area (Å²) in [5.74, 6) is 0.613. The molecule has 0 atom stereocenters. The third kappa shape index (κ3) is 3.62. The Morgan fingerprint density at radius 2 is 1.70 bits per heavy atom. The number of nitrogens with zero attached hydrogens (tertiary/aromatic N) is 1. The molecule has 0 aliphatic carbocycles. The zero-order chi connectivity index (χ0) is 21.6. The standard InChI is InChI=1S/C22H19ClN2O4S/c1-13-4-8-21-19(10-13)25(3)22(26)17-11-15(6-9-20(17)29-21)24-30(27,28)16-7-5-14(2)18(23)12-16/h4-12,24H,1-3H3. The maximum absolute atomic E-state index is 13.0. The van der Waals surface area contributed by atoms with Gasteiger partial charge >= 0.3 is 0 Å². The van der Waals surface area contributed by atoms with Crippen molar-refractivity contribution in [3.63, 3.8) is 0 Å². The van der Waals surface area contributed by atoms with Crippen LogP contribution in [-0.2, 0) is 10.0 Å². The van der Waals surface area contributed by atoms with Gasteiger partial charge in [0, 0.05) is 17.8 Å². The van der Waals surface area contributed by atoms with Crippen LogP contribution in [0.4, 0.5) is 11.4 Å². The Morgan fingerprint density at radius 1 is 0.967 bits per heavy atom. The fourth-order valence-electron chi connectivity index (χ4n) is 3.19.